The van der Waals surface area contributed by atoms with E-state index < -0.39 is 7.12 Å². The molecular formula is C9H12BNO2. The molecule has 1 aromatic carbocycles. The van der Waals surface area contributed by atoms with E-state index in [-0.39, 0.29) is 0 Å². The second-order valence-electron chi connectivity index (χ2n) is 2.87. The van der Waals surface area contributed by atoms with E-state index in [2.05, 4.69) is 11.9 Å². The van der Waals surface area contributed by atoms with Crippen molar-refractivity contribution in [2.45, 2.75) is 6.92 Å². The van der Waals surface area contributed by atoms with Gasteiger partial charge in [0.1, 0.15) is 0 Å². The van der Waals surface area contributed by atoms with Crippen molar-refractivity contribution in [3.8, 4) is 0 Å². The van der Waals surface area contributed by atoms with Crippen LogP contribution >= 0.6 is 0 Å². The van der Waals surface area contributed by atoms with Gasteiger partial charge in [0.2, 0.25) is 0 Å². The van der Waals surface area contributed by atoms with Crippen molar-refractivity contribution in [2.75, 3.05) is 5.32 Å². The van der Waals surface area contributed by atoms with Gasteiger partial charge in [-0.25, -0.2) is 0 Å². The monoisotopic (exact) mass is 177 g/mol. The second kappa shape index (κ2) is 4.12. The zero-order valence-corrected chi connectivity index (χ0v) is 7.49. The lowest BCUT2D eigenvalue weighted by Crippen LogP contribution is -2.32. The summed E-state index contributed by atoms with van der Waals surface area (Å²) in [5.41, 5.74) is 1.88. The molecule has 0 amide bonds. The van der Waals surface area contributed by atoms with Gasteiger partial charge in [0.05, 0.1) is 0 Å². The summed E-state index contributed by atoms with van der Waals surface area (Å²) in [5.74, 6) is 0. The minimum atomic E-state index is -1.46. The minimum absolute atomic E-state index is 0.450. The number of anilines is 1. The lowest BCUT2D eigenvalue weighted by atomic mass is 9.79. The number of benzene rings is 1. The molecule has 0 saturated heterocycles. The normalized spacial score (nSPS) is 9.46. The van der Waals surface area contributed by atoms with Crippen molar-refractivity contribution in [1.29, 1.82) is 0 Å². The minimum Gasteiger partial charge on any atom is -0.423 e. The predicted molar refractivity (Wildman–Crippen MR) is 54.7 cm³/mol. The first-order valence-electron chi connectivity index (χ1n) is 3.99. The molecule has 0 fully saturated rings. The molecular weight excluding hydrogens is 165 g/mol. The third-order valence-corrected chi connectivity index (χ3v) is 1.59. The fourth-order valence-electron chi connectivity index (χ4n) is 1.07. The van der Waals surface area contributed by atoms with Crippen LogP contribution in [-0.4, -0.2) is 17.2 Å². The van der Waals surface area contributed by atoms with E-state index in [0.717, 1.165) is 5.70 Å². The fraction of sp³-hybridized carbons (Fsp3) is 0.111. The third-order valence-electron chi connectivity index (χ3n) is 1.59. The number of rotatable bonds is 3. The number of para-hydroxylation sites is 1. The summed E-state index contributed by atoms with van der Waals surface area (Å²) >= 11 is 0. The molecule has 0 unspecified atom stereocenters. The quantitative estimate of drug-likeness (QED) is 0.582. The molecule has 0 radical (unpaired) electrons. The van der Waals surface area contributed by atoms with E-state index in [9.17, 15) is 0 Å². The van der Waals surface area contributed by atoms with Crippen LogP contribution in [0.25, 0.3) is 0 Å². The molecule has 0 aliphatic heterocycles. The molecule has 0 aromatic heterocycles. The molecule has 68 valence electrons. The van der Waals surface area contributed by atoms with Crippen LogP contribution in [-0.2, 0) is 0 Å². The number of allylic oxidation sites excluding steroid dienone is 1. The molecule has 0 aliphatic rings. The summed E-state index contributed by atoms with van der Waals surface area (Å²) in [6, 6.07) is 6.98. The Labute approximate surface area is 77.9 Å². The lowest BCUT2D eigenvalue weighted by Gasteiger charge is -2.10. The first-order chi connectivity index (χ1) is 6.11. The van der Waals surface area contributed by atoms with Crippen molar-refractivity contribution in [3.63, 3.8) is 0 Å². The van der Waals surface area contributed by atoms with E-state index in [4.69, 9.17) is 10.0 Å². The van der Waals surface area contributed by atoms with Gasteiger partial charge in [-0.15, -0.1) is 0 Å². The number of hydrogen-bond donors (Lipinski definition) is 3. The molecule has 13 heavy (non-hydrogen) atoms. The zero-order chi connectivity index (χ0) is 9.84. The summed E-state index contributed by atoms with van der Waals surface area (Å²) in [6.45, 7) is 5.48. The van der Waals surface area contributed by atoms with Crippen LogP contribution in [0.15, 0.2) is 36.5 Å². The summed E-state index contributed by atoms with van der Waals surface area (Å²) in [4.78, 5) is 0. The zero-order valence-electron chi connectivity index (χ0n) is 7.49. The molecule has 0 spiro atoms. The molecule has 4 heteroatoms. The van der Waals surface area contributed by atoms with Crippen LogP contribution in [0, 0.1) is 0 Å². The van der Waals surface area contributed by atoms with E-state index >= 15 is 0 Å². The van der Waals surface area contributed by atoms with E-state index in [0.29, 0.717) is 11.2 Å². The van der Waals surface area contributed by atoms with Crippen molar-refractivity contribution in [1.82, 2.24) is 0 Å². The fourth-order valence-corrected chi connectivity index (χ4v) is 1.07. The van der Waals surface area contributed by atoms with Gasteiger partial charge in [-0.1, -0.05) is 24.8 Å². The smallest absolute Gasteiger partial charge is 0.423 e. The highest BCUT2D eigenvalue weighted by atomic mass is 16.4. The third kappa shape index (κ3) is 2.61. The SMILES string of the molecule is C=C(C)Nc1ccccc1B(O)O. The number of hydrogen-bond acceptors (Lipinski definition) is 3. The Morgan fingerprint density at radius 1 is 1.38 bits per heavy atom. The topological polar surface area (TPSA) is 52.5 Å². The van der Waals surface area contributed by atoms with E-state index in [1.165, 1.54) is 0 Å². The molecule has 0 bridgehead atoms. The highest BCUT2D eigenvalue weighted by Crippen LogP contribution is 2.05. The molecule has 3 N–H and O–H groups in total. The van der Waals surface area contributed by atoms with Gasteiger partial charge in [0.25, 0.3) is 0 Å². The molecule has 0 heterocycles. The molecule has 0 aliphatic carbocycles. The molecule has 1 rings (SSSR count). The number of nitrogens with one attached hydrogen (secondary N) is 1. The average Bonchev–Trinajstić information content (AvgIpc) is 2.03. The van der Waals surface area contributed by atoms with E-state index in [1.54, 1.807) is 25.1 Å². The van der Waals surface area contributed by atoms with Gasteiger partial charge in [0, 0.05) is 16.8 Å². The van der Waals surface area contributed by atoms with Crippen molar-refractivity contribution < 1.29 is 10.0 Å². The van der Waals surface area contributed by atoms with Crippen LogP contribution in [0.2, 0.25) is 0 Å². The maximum absolute atomic E-state index is 9.00. The summed E-state index contributed by atoms with van der Waals surface area (Å²) in [7, 11) is -1.46. The Bertz CT molecular complexity index is 312. The summed E-state index contributed by atoms with van der Waals surface area (Å²) < 4.78 is 0. The van der Waals surface area contributed by atoms with Gasteiger partial charge >= 0.3 is 7.12 Å². The van der Waals surface area contributed by atoms with Gasteiger partial charge in [0.15, 0.2) is 0 Å². The first kappa shape index (κ1) is 9.83. The molecule has 3 nitrogen and oxygen atoms in total. The van der Waals surface area contributed by atoms with Crippen LogP contribution < -0.4 is 10.8 Å². The first-order valence-corrected chi connectivity index (χ1v) is 3.99. The standard InChI is InChI=1S/C9H12BNO2/c1-7(2)11-9-6-4-3-5-8(9)10(12)13/h3-6,11-13H,1H2,2H3. The van der Waals surface area contributed by atoms with Gasteiger partial charge < -0.3 is 15.4 Å². The average molecular weight is 177 g/mol. The summed E-state index contributed by atoms with van der Waals surface area (Å²) in [5, 5.41) is 20.9. The highest BCUT2D eigenvalue weighted by Gasteiger charge is 2.14. The van der Waals surface area contributed by atoms with E-state index in [1.807, 2.05) is 6.07 Å². The predicted octanol–water partition coefficient (Wildman–Crippen LogP) is 0.312. The molecule has 0 saturated carbocycles. The van der Waals surface area contributed by atoms with Crippen LogP contribution in [0.4, 0.5) is 5.69 Å². The van der Waals surface area contributed by atoms with Gasteiger partial charge in [-0.05, 0) is 13.0 Å². The van der Waals surface area contributed by atoms with Crippen LogP contribution in [0.1, 0.15) is 6.92 Å². The maximum atomic E-state index is 9.00. The largest absolute Gasteiger partial charge is 0.490 e. The van der Waals surface area contributed by atoms with Gasteiger partial charge in [-0.2, -0.15) is 0 Å². The Morgan fingerprint density at radius 3 is 2.54 bits per heavy atom. The second-order valence-corrected chi connectivity index (χ2v) is 2.87. The van der Waals surface area contributed by atoms with Crippen molar-refractivity contribution >= 4 is 18.3 Å². The molecule has 0 atom stereocenters. The Morgan fingerprint density at radius 2 is 2.00 bits per heavy atom. The van der Waals surface area contributed by atoms with Crippen molar-refractivity contribution in [2.24, 2.45) is 0 Å². The lowest BCUT2D eigenvalue weighted by molar-refractivity contribution is 0.426. The summed E-state index contributed by atoms with van der Waals surface area (Å²) in [6.07, 6.45) is 0. The Balaban J connectivity index is 2.97. The highest BCUT2D eigenvalue weighted by molar-refractivity contribution is 6.60. The van der Waals surface area contributed by atoms with Crippen molar-refractivity contribution in [3.05, 3.63) is 36.5 Å². The van der Waals surface area contributed by atoms with Crippen LogP contribution in [0.5, 0.6) is 0 Å². The molecule has 1 aromatic rings. The van der Waals surface area contributed by atoms with Crippen LogP contribution in [0.3, 0.4) is 0 Å². The Kier molecular flexibility index (Phi) is 3.11. The van der Waals surface area contributed by atoms with Gasteiger partial charge in [-0.3, -0.25) is 0 Å². The maximum Gasteiger partial charge on any atom is 0.490 e. The Hall–Kier alpha value is -1.26.